The molecule has 2 aliphatic rings. The summed E-state index contributed by atoms with van der Waals surface area (Å²) >= 11 is 0. The van der Waals surface area contributed by atoms with E-state index in [0.717, 1.165) is 18.6 Å². The van der Waals surface area contributed by atoms with Crippen molar-refractivity contribution >= 4 is 17.8 Å². The Hall–Kier alpha value is -2.38. The van der Waals surface area contributed by atoms with Crippen LogP contribution in [0.5, 0.6) is 0 Å². The van der Waals surface area contributed by atoms with Crippen LogP contribution >= 0.6 is 0 Å². The maximum atomic E-state index is 12.5. The maximum Gasteiger partial charge on any atom is 0.276 e. The molecule has 3 heterocycles. The fraction of sp³-hybridized carbons (Fsp3) is 0.625. The molecule has 1 N–H and O–H groups in total. The van der Waals surface area contributed by atoms with Gasteiger partial charge in [0.2, 0.25) is 5.96 Å². The van der Waals surface area contributed by atoms with Crippen molar-refractivity contribution in [2.24, 2.45) is 4.99 Å². The van der Waals surface area contributed by atoms with Crippen molar-refractivity contribution in [3.8, 4) is 0 Å². The van der Waals surface area contributed by atoms with Crippen LogP contribution in [0.1, 0.15) is 42.4 Å². The number of guanidine groups is 1. The van der Waals surface area contributed by atoms with Gasteiger partial charge in [0.1, 0.15) is 11.3 Å². The van der Waals surface area contributed by atoms with Gasteiger partial charge in [-0.15, -0.1) is 0 Å². The minimum absolute atomic E-state index is 0.0787. The summed E-state index contributed by atoms with van der Waals surface area (Å²) in [7, 11) is 3.69. The lowest BCUT2D eigenvalue weighted by molar-refractivity contribution is -0.125. The number of aliphatic imine (C=N–C) groups is 1. The van der Waals surface area contributed by atoms with Crippen molar-refractivity contribution < 1.29 is 14.1 Å². The van der Waals surface area contributed by atoms with E-state index in [2.05, 4.69) is 15.5 Å². The number of aromatic nitrogens is 1. The van der Waals surface area contributed by atoms with Gasteiger partial charge in [-0.2, -0.15) is 0 Å². The molecule has 8 heteroatoms. The van der Waals surface area contributed by atoms with Crippen LogP contribution in [0, 0.1) is 0 Å². The molecule has 3 rings (SSSR count). The van der Waals surface area contributed by atoms with Gasteiger partial charge in [-0.1, -0.05) is 12.1 Å². The molecule has 2 aliphatic heterocycles. The Morgan fingerprint density at radius 2 is 2.12 bits per heavy atom. The summed E-state index contributed by atoms with van der Waals surface area (Å²) < 4.78 is 5.18. The largest absolute Gasteiger partial charge is 0.361 e. The van der Waals surface area contributed by atoms with E-state index in [1.807, 2.05) is 21.0 Å². The van der Waals surface area contributed by atoms with Gasteiger partial charge >= 0.3 is 0 Å². The summed E-state index contributed by atoms with van der Waals surface area (Å²) in [5.41, 5.74) is -0.407. The maximum absolute atomic E-state index is 12.5. The predicted octanol–water partition coefficient (Wildman–Crippen LogP) is 0.649. The van der Waals surface area contributed by atoms with Crippen molar-refractivity contribution in [2.75, 3.05) is 27.2 Å². The molecule has 8 nitrogen and oxygen atoms in total. The molecule has 0 radical (unpaired) electrons. The van der Waals surface area contributed by atoms with E-state index >= 15 is 0 Å². The molecule has 2 amide bonds. The molecule has 24 heavy (non-hydrogen) atoms. The molecule has 1 saturated heterocycles. The number of piperidine rings is 1. The zero-order valence-electron chi connectivity index (χ0n) is 14.3. The Kier molecular flexibility index (Phi) is 4.29. The predicted molar refractivity (Wildman–Crippen MR) is 87.6 cm³/mol. The van der Waals surface area contributed by atoms with Crippen LogP contribution in [0.4, 0.5) is 0 Å². The lowest BCUT2D eigenvalue weighted by Gasteiger charge is -2.34. The number of carbonyl (C=O) groups is 2. The van der Waals surface area contributed by atoms with E-state index in [-0.39, 0.29) is 11.8 Å². The van der Waals surface area contributed by atoms with Crippen molar-refractivity contribution in [1.29, 1.82) is 0 Å². The zero-order valence-corrected chi connectivity index (χ0v) is 14.3. The van der Waals surface area contributed by atoms with E-state index in [4.69, 9.17) is 4.52 Å². The first-order chi connectivity index (χ1) is 11.4. The molecule has 0 aliphatic carbocycles. The number of hydrogen-bond donors (Lipinski definition) is 1. The first-order valence-corrected chi connectivity index (χ1v) is 8.28. The molecule has 0 unspecified atom stereocenters. The van der Waals surface area contributed by atoms with E-state index in [1.165, 1.54) is 0 Å². The first kappa shape index (κ1) is 16.5. The standard InChI is InChI=1S/C16H23N5O3/c1-4-5-11-10-12(19-24-11)13(22)21-8-6-16(7-9-21)14(23)17-15(18-16)20(2)3/h10H,4-9H2,1-3H3,(H,17,18,23). The van der Waals surface area contributed by atoms with Crippen molar-refractivity contribution in [3.05, 3.63) is 17.5 Å². The third-order valence-electron chi connectivity index (χ3n) is 4.54. The van der Waals surface area contributed by atoms with Crippen LogP contribution in [-0.2, 0) is 11.2 Å². The number of nitrogens with one attached hydrogen (secondary N) is 1. The minimum atomic E-state index is -0.742. The second-order valence-corrected chi connectivity index (χ2v) is 6.54. The average Bonchev–Trinajstić information content (AvgIpc) is 3.14. The molecule has 1 fully saturated rings. The number of amides is 2. The molecule has 1 aromatic heterocycles. The fourth-order valence-electron chi connectivity index (χ4n) is 3.07. The number of nitrogens with zero attached hydrogens (tertiary/aromatic N) is 4. The minimum Gasteiger partial charge on any atom is -0.361 e. The average molecular weight is 333 g/mol. The quantitative estimate of drug-likeness (QED) is 0.877. The highest BCUT2D eigenvalue weighted by atomic mass is 16.5. The van der Waals surface area contributed by atoms with Gasteiger partial charge in [-0.3, -0.25) is 14.9 Å². The van der Waals surface area contributed by atoms with E-state index in [1.54, 1.807) is 15.9 Å². The third kappa shape index (κ3) is 2.88. The third-order valence-corrected chi connectivity index (χ3v) is 4.54. The van der Waals surface area contributed by atoms with Gasteiger partial charge < -0.3 is 14.3 Å². The van der Waals surface area contributed by atoms with Crippen LogP contribution < -0.4 is 5.32 Å². The number of likely N-dealkylation sites (tertiary alicyclic amines) is 1. The van der Waals surface area contributed by atoms with Crippen molar-refractivity contribution in [2.45, 2.75) is 38.1 Å². The Bertz CT molecular complexity index is 671. The molecule has 0 aromatic carbocycles. The van der Waals surface area contributed by atoms with Gasteiger partial charge in [-0.05, 0) is 19.3 Å². The molecule has 0 bridgehead atoms. The Morgan fingerprint density at radius 1 is 1.42 bits per heavy atom. The summed E-state index contributed by atoms with van der Waals surface area (Å²) in [5, 5.41) is 6.68. The van der Waals surface area contributed by atoms with Gasteiger partial charge in [0.15, 0.2) is 5.69 Å². The van der Waals surface area contributed by atoms with Crippen LogP contribution in [0.3, 0.4) is 0 Å². The molecular weight excluding hydrogens is 310 g/mol. The molecule has 0 saturated carbocycles. The van der Waals surface area contributed by atoms with Crippen LogP contribution in [0.25, 0.3) is 0 Å². The van der Waals surface area contributed by atoms with Crippen molar-refractivity contribution in [1.82, 2.24) is 20.3 Å². The highest BCUT2D eigenvalue weighted by molar-refractivity contribution is 6.07. The zero-order chi connectivity index (χ0) is 17.3. The number of rotatable bonds is 3. The Labute approximate surface area is 140 Å². The summed E-state index contributed by atoms with van der Waals surface area (Å²) in [5.74, 6) is 1.08. The molecular formula is C16H23N5O3. The Morgan fingerprint density at radius 3 is 2.71 bits per heavy atom. The van der Waals surface area contributed by atoms with Crippen LogP contribution in [-0.4, -0.2) is 65.5 Å². The fourth-order valence-corrected chi connectivity index (χ4v) is 3.07. The topological polar surface area (TPSA) is 91.0 Å². The molecule has 1 aromatic rings. The lowest BCUT2D eigenvalue weighted by Crippen LogP contribution is -2.50. The second-order valence-electron chi connectivity index (χ2n) is 6.54. The molecule has 1 spiro atoms. The number of aryl methyl sites for hydroxylation is 1. The molecule has 0 atom stereocenters. The van der Waals surface area contributed by atoms with Gasteiger partial charge in [0.05, 0.1) is 0 Å². The van der Waals surface area contributed by atoms with Gasteiger partial charge in [0, 0.05) is 39.7 Å². The summed E-state index contributed by atoms with van der Waals surface area (Å²) in [6.45, 7) is 3.00. The summed E-state index contributed by atoms with van der Waals surface area (Å²) in [6, 6.07) is 1.71. The first-order valence-electron chi connectivity index (χ1n) is 8.28. The second kappa shape index (κ2) is 6.26. The summed E-state index contributed by atoms with van der Waals surface area (Å²) in [6.07, 6.45) is 2.74. The number of carbonyl (C=O) groups excluding carboxylic acids is 2. The number of hydrogen-bond acceptors (Lipinski definition) is 6. The van der Waals surface area contributed by atoms with Crippen molar-refractivity contribution in [3.63, 3.8) is 0 Å². The summed E-state index contributed by atoms with van der Waals surface area (Å²) in [4.78, 5) is 32.9. The SMILES string of the molecule is CCCc1cc(C(=O)N2CCC3(CC2)N=C(N(C)C)NC3=O)no1. The smallest absolute Gasteiger partial charge is 0.276 e. The molecule has 130 valence electrons. The van der Waals surface area contributed by atoms with E-state index in [9.17, 15) is 9.59 Å². The van der Waals surface area contributed by atoms with E-state index < -0.39 is 5.54 Å². The highest BCUT2D eigenvalue weighted by Crippen LogP contribution is 2.30. The van der Waals surface area contributed by atoms with Gasteiger partial charge in [0.25, 0.3) is 11.8 Å². The van der Waals surface area contributed by atoms with Gasteiger partial charge in [-0.25, -0.2) is 4.99 Å². The van der Waals surface area contributed by atoms with E-state index in [0.29, 0.717) is 37.6 Å². The highest BCUT2D eigenvalue weighted by Gasteiger charge is 2.47. The van der Waals surface area contributed by atoms with Crippen LogP contribution in [0.2, 0.25) is 0 Å². The lowest BCUT2D eigenvalue weighted by atomic mass is 9.88. The Balaban J connectivity index is 1.66. The monoisotopic (exact) mass is 333 g/mol. The van der Waals surface area contributed by atoms with Crippen LogP contribution in [0.15, 0.2) is 15.6 Å². The normalized spacial score (nSPS) is 19.4.